The van der Waals surface area contributed by atoms with Crippen LogP contribution in [0.15, 0.2) is 47.9 Å². The minimum Gasteiger partial charge on any atom is -0.349 e. The second-order valence-corrected chi connectivity index (χ2v) is 8.51. The fourth-order valence-corrected chi connectivity index (χ4v) is 4.08. The van der Waals surface area contributed by atoms with Gasteiger partial charge in [-0.3, -0.25) is 14.3 Å². The molecule has 2 aromatic heterocycles. The number of benzene rings is 1. The summed E-state index contributed by atoms with van der Waals surface area (Å²) in [5.74, 6) is 1.13. The van der Waals surface area contributed by atoms with E-state index < -0.39 is 0 Å². The molecule has 1 aromatic carbocycles. The summed E-state index contributed by atoms with van der Waals surface area (Å²) >= 11 is 1.44. The molecule has 0 spiro atoms. The summed E-state index contributed by atoms with van der Waals surface area (Å²) in [5.41, 5.74) is 4.56. The zero-order chi connectivity index (χ0) is 20.4. The van der Waals surface area contributed by atoms with Crippen LogP contribution < -0.4 is 5.32 Å². The molecule has 0 saturated heterocycles. The highest BCUT2D eigenvalue weighted by Crippen LogP contribution is 2.40. The fourth-order valence-electron chi connectivity index (χ4n) is 3.26. The monoisotopic (exact) mass is 407 g/mol. The van der Waals surface area contributed by atoms with E-state index in [-0.39, 0.29) is 11.9 Å². The van der Waals surface area contributed by atoms with Gasteiger partial charge < -0.3 is 5.32 Å². The van der Waals surface area contributed by atoms with Crippen molar-refractivity contribution in [2.75, 3.05) is 5.75 Å². The lowest BCUT2D eigenvalue weighted by molar-refractivity contribution is -0.119. The van der Waals surface area contributed by atoms with Crippen molar-refractivity contribution >= 4 is 17.7 Å². The van der Waals surface area contributed by atoms with Crippen LogP contribution in [0.25, 0.3) is 11.4 Å². The average molecular weight is 408 g/mol. The zero-order valence-electron chi connectivity index (χ0n) is 16.9. The summed E-state index contributed by atoms with van der Waals surface area (Å²) in [4.78, 5) is 16.7. The highest BCUT2D eigenvalue weighted by Gasteiger charge is 2.30. The molecule has 0 radical (unpaired) electrons. The van der Waals surface area contributed by atoms with E-state index in [1.165, 1.54) is 22.9 Å². The summed E-state index contributed by atoms with van der Waals surface area (Å²) in [6, 6.07) is 10.6. The number of thioether (sulfide) groups is 1. The summed E-state index contributed by atoms with van der Waals surface area (Å²) in [5, 5.41) is 12.6. The smallest absolute Gasteiger partial charge is 0.230 e. The van der Waals surface area contributed by atoms with Gasteiger partial charge >= 0.3 is 0 Å². The highest BCUT2D eigenvalue weighted by molar-refractivity contribution is 7.99. The summed E-state index contributed by atoms with van der Waals surface area (Å²) in [6.45, 7) is 6.20. The third kappa shape index (κ3) is 4.50. The Morgan fingerprint density at radius 2 is 2.07 bits per heavy atom. The molecule has 6 nitrogen and oxygen atoms in total. The Balaban J connectivity index is 1.42. The van der Waals surface area contributed by atoms with Crippen molar-refractivity contribution in [1.82, 2.24) is 25.1 Å². The van der Waals surface area contributed by atoms with Crippen LogP contribution in [-0.2, 0) is 4.79 Å². The van der Waals surface area contributed by atoms with Crippen LogP contribution in [-0.4, -0.2) is 31.4 Å². The Bertz CT molecular complexity index is 1010. The molecule has 4 rings (SSSR count). The van der Waals surface area contributed by atoms with Gasteiger partial charge in [0.2, 0.25) is 5.91 Å². The predicted octanol–water partition coefficient (Wildman–Crippen LogP) is 4.26. The number of aryl methyl sites for hydroxylation is 2. The van der Waals surface area contributed by atoms with Crippen molar-refractivity contribution in [3.63, 3.8) is 0 Å². The van der Waals surface area contributed by atoms with Gasteiger partial charge in [-0.15, -0.1) is 10.2 Å². The Kier molecular flexibility index (Phi) is 5.67. The molecule has 150 valence electrons. The van der Waals surface area contributed by atoms with E-state index in [9.17, 15) is 4.79 Å². The van der Waals surface area contributed by atoms with Crippen molar-refractivity contribution in [3.8, 4) is 11.4 Å². The molecule has 2 heterocycles. The van der Waals surface area contributed by atoms with Gasteiger partial charge in [0.25, 0.3) is 0 Å². The second kappa shape index (κ2) is 8.37. The van der Waals surface area contributed by atoms with Gasteiger partial charge in [0.05, 0.1) is 11.8 Å². The maximum Gasteiger partial charge on any atom is 0.230 e. The molecule has 29 heavy (non-hydrogen) atoms. The quantitative estimate of drug-likeness (QED) is 0.593. The standard InChI is InChI=1S/C22H25N5OS/c1-14-6-7-17(11-15(14)2)16(3)24-20(28)13-29-22-26-25-21(27(22)19-8-9-19)18-5-4-10-23-12-18/h4-7,10-12,16,19H,8-9,13H2,1-3H3,(H,24,28)/t16-/m1/s1. The first-order valence-electron chi connectivity index (χ1n) is 9.87. The van der Waals surface area contributed by atoms with Crippen molar-refractivity contribution < 1.29 is 4.79 Å². The lowest BCUT2D eigenvalue weighted by atomic mass is 10.0. The van der Waals surface area contributed by atoms with Crippen LogP contribution in [0.3, 0.4) is 0 Å². The third-order valence-electron chi connectivity index (χ3n) is 5.24. The van der Waals surface area contributed by atoms with E-state index in [2.05, 4.69) is 57.1 Å². The molecular formula is C22H25N5OS. The lowest BCUT2D eigenvalue weighted by Crippen LogP contribution is -2.28. The number of hydrogen-bond acceptors (Lipinski definition) is 5. The van der Waals surface area contributed by atoms with Gasteiger partial charge in [0.15, 0.2) is 11.0 Å². The Hall–Kier alpha value is -2.67. The summed E-state index contributed by atoms with van der Waals surface area (Å²) < 4.78 is 2.15. The SMILES string of the molecule is Cc1ccc([C@@H](C)NC(=O)CSc2nnc(-c3cccnc3)n2C2CC2)cc1C. The van der Waals surface area contributed by atoms with E-state index in [1.807, 2.05) is 19.1 Å². The summed E-state index contributed by atoms with van der Waals surface area (Å²) in [6.07, 6.45) is 5.79. The average Bonchev–Trinajstić information content (AvgIpc) is 3.48. The molecule has 3 aromatic rings. The number of nitrogens with one attached hydrogen (secondary N) is 1. The molecular weight excluding hydrogens is 382 g/mol. The maximum absolute atomic E-state index is 12.5. The van der Waals surface area contributed by atoms with Crippen molar-refractivity contribution in [2.45, 2.75) is 50.9 Å². The van der Waals surface area contributed by atoms with Gasteiger partial charge in [-0.25, -0.2) is 0 Å². The van der Waals surface area contributed by atoms with E-state index in [0.717, 1.165) is 34.9 Å². The topological polar surface area (TPSA) is 72.7 Å². The number of aromatic nitrogens is 4. The molecule has 7 heteroatoms. The molecule has 1 aliphatic rings. The van der Waals surface area contributed by atoms with Crippen molar-refractivity contribution in [1.29, 1.82) is 0 Å². The Labute approximate surface area is 175 Å². The number of hydrogen-bond donors (Lipinski definition) is 1. The minimum absolute atomic E-state index is 0.00555. The fraction of sp³-hybridized carbons (Fsp3) is 0.364. The van der Waals surface area contributed by atoms with Crippen LogP contribution in [0, 0.1) is 13.8 Å². The third-order valence-corrected chi connectivity index (χ3v) is 6.18. The van der Waals surface area contributed by atoms with Crippen molar-refractivity contribution in [3.05, 3.63) is 59.4 Å². The largest absolute Gasteiger partial charge is 0.349 e. The highest BCUT2D eigenvalue weighted by atomic mass is 32.2. The zero-order valence-corrected chi connectivity index (χ0v) is 17.7. The second-order valence-electron chi connectivity index (χ2n) is 7.57. The Morgan fingerprint density at radius 3 is 2.76 bits per heavy atom. The van der Waals surface area contributed by atoms with E-state index in [0.29, 0.717) is 11.8 Å². The first-order chi connectivity index (χ1) is 14.0. The van der Waals surface area contributed by atoms with Gasteiger partial charge in [0.1, 0.15) is 0 Å². The summed E-state index contributed by atoms with van der Waals surface area (Å²) in [7, 11) is 0. The van der Waals surface area contributed by atoms with Crippen LogP contribution in [0.2, 0.25) is 0 Å². The number of carbonyl (C=O) groups excluding carboxylic acids is 1. The molecule has 1 fully saturated rings. The minimum atomic E-state index is -0.0327. The van der Waals surface area contributed by atoms with Crippen LogP contribution in [0.4, 0.5) is 0 Å². The maximum atomic E-state index is 12.5. The molecule has 1 aliphatic carbocycles. The van der Waals surface area contributed by atoms with Crippen LogP contribution >= 0.6 is 11.8 Å². The van der Waals surface area contributed by atoms with Crippen LogP contribution in [0.5, 0.6) is 0 Å². The van der Waals surface area contributed by atoms with Crippen LogP contribution in [0.1, 0.15) is 48.5 Å². The molecule has 1 saturated carbocycles. The number of amides is 1. The Morgan fingerprint density at radius 1 is 1.24 bits per heavy atom. The van der Waals surface area contributed by atoms with Gasteiger partial charge in [-0.2, -0.15) is 0 Å². The number of carbonyl (C=O) groups is 1. The normalized spacial score (nSPS) is 14.6. The number of rotatable bonds is 7. The first kappa shape index (κ1) is 19.6. The molecule has 0 aliphatic heterocycles. The van der Waals surface area contributed by atoms with Gasteiger partial charge in [-0.1, -0.05) is 30.0 Å². The predicted molar refractivity (Wildman–Crippen MR) is 115 cm³/mol. The number of nitrogens with zero attached hydrogens (tertiary/aromatic N) is 4. The first-order valence-corrected chi connectivity index (χ1v) is 10.9. The van der Waals surface area contributed by atoms with E-state index in [4.69, 9.17) is 0 Å². The molecule has 0 bridgehead atoms. The molecule has 1 amide bonds. The van der Waals surface area contributed by atoms with Gasteiger partial charge in [0, 0.05) is 24.0 Å². The number of pyridine rings is 1. The van der Waals surface area contributed by atoms with E-state index >= 15 is 0 Å². The molecule has 1 atom stereocenters. The van der Waals surface area contributed by atoms with Gasteiger partial charge in [-0.05, 0) is 62.4 Å². The molecule has 0 unspecified atom stereocenters. The van der Waals surface area contributed by atoms with E-state index in [1.54, 1.807) is 12.4 Å². The lowest BCUT2D eigenvalue weighted by Gasteiger charge is -2.15. The van der Waals surface area contributed by atoms with Crippen molar-refractivity contribution in [2.24, 2.45) is 0 Å². The molecule has 1 N–H and O–H groups in total.